The van der Waals surface area contributed by atoms with E-state index in [1.165, 1.54) is 0 Å². The molecule has 2 rings (SSSR count). The van der Waals surface area contributed by atoms with E-state index in [0.29, 0.717) is 25.9 Å². The first kappa shape index (κ1) is 14.8. The molecule has 0 aromatic carbocycles. The van der Waals surface area contributed by atoms with Crippen LogP contribution in [-0.2, 0) is 9.59 Å². The number of hydrogen-bond donors (Lipinski definition) is 3. The summed E-state index contributed by atoms with van der Waals surface area (Å²) in [5.74, 6) is 0.193. The maximum Gasteiger partial charge on any atom is 0.237 e. The van der Waals surface area contributed by atoms with Crippen LogP contribution in [0.3, 0.4) is 0 Å². The normalized spacial score (nSPS) is 30.1. The highest BCUT2D eigenvalue weighted by Crippen LogP contribution is 2.19. The third-order valence-corrected chi connectivity index (χ3v) is 3.91. The van der Waals surface area contributed by atoms with E-state index in [0.717, 1.165) is 25.8 Å². The van der Waals surface area contributed by atoms with Crippen LogP contribution in [0.5, 0.6) is 0 Å². The lowest BCUT2D eigenvalue weighted by Crippen LogP contribution is -2.62. The van der Waals surface area contributed by atoms with E-state index in [9.17, 15) is 9.59 Å². The first-order chi connectivity index (χ1) is 9.58. The van der Waals surface area contributed by atoms with Crippen molar-refractivity contribution in [1.29, 1.82) is 0 Å². The Bertz CT molecular complexity index is 406. The standard InChI is InChI=1S/C13H23N5O2/c14-13(15)16-6-3-4-10-12(20)17-9-8-18(10)7-2-1-5-11(9)19/h9-10H,1-8H2,(H,17,20)(H4,14,15,16)/t9-,10-/m1/s1. The zero-order valence-corrected chi connectivity index (χ0v) is 11.7. The third kappa shape index (κ3) is 3.69. The van der Waals surface area contributed by atoms with Crippen molar-refractivity contribution in [3.05, 3.63) is 0 Å². The van der Waals surface area contributed by atoms with E-state index in [1.54, 1.807) is 0 Å². The molecule has 20 heavy (non-hydrogen) atoms. The minimum Gasteiger partial charge on any atom is -0.370 e. The largest absolute Gasteiger partial charge is 0.370 e. The number of carbonyl (C=O) groups excluding carboxylic acids is 2. The van der Waals surface area contributed by atoms with Crippen molar-refractivity contribution < 1.29 is 9.59 Å². The van der Waals surface area contributed by atoms with E-state index < -0.39 is 0 Å². The lowest BCUT2D eigenvalue weighted by atomic mass is 9.96. The highest BCUT2D eigenvalue weighted by Gasteiger charge is 2.37. The van der Waals surface area contributed by atoms with Gasteiger partial charge in [0.1, 0.15) is 6.04 Å². The second-order valence-corrected chi connectivity index (χ2v) is 5.44. The molecule has 2 aliphatic heterocycles. The van der Waals surface area contributed by atoms with Gasteiger partial charge in [0.05, 0.1) is 6.04 Å². The summed E-state index contributed by atoms with van der Waals surface area (Å²) in [6.45, 7) is 2.05. The monoisotopic (exact) mass is 281 g/mol. The van der Waals surface area contributed by atoms with Crippen LogP contribution in [0.25, 0.3) is 0 Å². The summed E-state index contributed by atoms with van der Waals surface area (Å²) in [7, 11) is 0. The summed E-state index contributed by atoms with van der Waals surface area (Å²) in [4.78, 5) is 30.1. The van der Waals surface area contributed by atoms with Gasteiger partial charge in [-0.1, -0.05) is 0 Å². The van der Waals surface area contributed by atoms with Crippen molar-refractivity contribution in [3.63, 3.8) is 0 Å². The number of ketones is 1. The van der Waals surface area contributed by atoms with Crippen molar-refractivity contribution in [2.75, 3.05) is 19.6 Å². The van der Waals surface area contributed by atoms with Gasteiger partial charge in [-0.2, -0.15) is 0 Å². The maximum absolute atomic E-state index is 12.2. The Morgan fingerprint density at radius 2 is 2.15 bits per heavy atom. The van der Waals surface area contributed by atoms with Gasteiger partial charge in [0.15, 0.2) is 11.7 Å². The summed E-state index contributed by atoms with van der Waals surface area (Å²) in [6, 6.07) is -0.483. The first-order valence-electron chi connectivity index (χ1n) is 7.20. The summed E-state index contributed by atoms with van der Waals surface area (Å²) in [5.41, 5.74) is 10.5. The molecule has 0 saturated carbocycles. The number of carbonyl (C=O) groups is 2. The molecule has 2 saturated heterocycles. The molecule has 2 bridgehead atoms. The molecule has 0 aromatic rings. The fourth-order valence-corrected chi connectivity index (χ4v) is 2.87. The number of piperazine rings is 1. The van der Waals surface area contributed by atoms with Gasteiger partial charge < -0.3 is 16.8 Å². The van der Waals surface area contributed by atoms with Crippen molar-refractivity contribution in [3.8, 4) is 0 Å². The van der Waals surface area contributed by atoms with Crippen LogP contribution in [0, 0.1) is 0 Å². The molecule has 5 N–H and O–H groups in total. The number of Topliss-reactive ketones (excluding diaryl/α,β-unsaturated/α-hetero) is 1. The predicted octanol–water partition coefficient (Wildman–Crippen LogP) is -1.04. The Labute approximate surface area is 118 Å². The van der Waals surface area contributed by atoms with Gasteiger partial charge in [-0.3, -0.25) is 19.5 Å². The average molecular weight is 281 g/mol. The lowest BCUT2D eigenvalue weighted by Gasteiger charge is -2.40. The summed E-state index contributed by atoms with van der Waals surface area (Å²) >= 11 is 0. The molecule has 1 unspecified atom stereocenters. The second-order valence-electron chi connectivity index (χ2n) is 5.44. The number of nitrogens with zero attached hydrogens (tertiary/aromatic N) is 2. The molecular formula is C13H23N5O2. The number of aliphatic imine (C=N–C) groups is 1. The van der Waals surface area contributed by atoms with Crippen LogP contribution in [0.2, 0.25) is 0 Å². The number of amides is 1. The smallest absolute Gasteiger partial charge is 0.237 e. The molecule has 7 nitrogen and oxygen atoms in total. The van der Waals surface area contributed by atoms with Crippen LogP contribution >= 0.6 is 0 Å². The summed E-state index contributed by atoms with van der Waals surface area (Å²) in [6.07, 6.45) is 3.92. The molecule has 0 aliphatic carbocycles. The van der Waals surface area contributed by atoms with Gasteiger partial charge in [-0.05, 0) is 32.2 Å². The molecule has 1 amide bonds. The molecular weight excluding hydrogens is 258 g/mol. The van der Waals surface area contributed by atoms with Gasteiger partial charge in [0, 0.05) is 19.5 Å². The summed E-state index contributed by atoms with van der Waals surface area (Å²) < 4.78 is 0. The lowest BCUT2D eigenvalue weighted by molar-refractivity contribution is -0.137. The van der Waals surface area contributed by atoms with Crippen LogP contribution < -0.4 is 16.8 Å². The third-order valence-electron chi connectivity index (χ3n) is 3.91. The number of hydrogen-bond acceptors (Lipinski definition) is 4. The van der Waals surface area contributed by atoms with Gasteiger partial charge in [-0.25, -0.2) is 0 Å². The van der Waals surface area contributed by atoms with Gasteiger partial charge in [0.25, 0.3) is 0 Å². The van der Waals surface area contributed by atoms with Crippen molar-refractivity contribution in [1.82, 2.24) is 10.2 Å². The number of fused-ring (bicyclic) bond motifs is 2. The van der Waals surface area contributed by atoms with E-state index in [1.807, 2.05) is 0 Å². The zero-order chi connectivity index (χ0) is 14.5. The van der Waals surface area contributed by atoms with Crippen molar-refractivity contribution in [2.24, 2.45) is 16.5 Å². The number of nitrogens with one attached hydrogen (secondary N) is 1. The average Bonchev–Trinajstić information content (AvgIpc) is 2.39. The number of rotatable bonds is 4. The molecule has 2 heterocycles. The molecule has 0 aromatic heterocycles. The quantitative estimate of drug-likeness (QED) is 0.346. The van der Waals surface area contributed by atoms with E-state index in [2.05, 4.69) is 15.2 Å². The van der Waals surface area contributed by atoms with E-state index in [4.69, 9.17) is 11.5 Å². The molecule has 2 aliphatic rings. The van der Waals surface area contributed by atoms with Gasteiger partial charge >= 0.3 is 0 Å². The topological polar surface area (TPSA) is 114 Å². The number of nitrogens with two attached hydrogens (primary N) is 2. The SMILES string of the molecule is NC(N)=NCCC[C@@H]1C(=O)N[C@@H]2CN1CCCCC2=O. The Kier molecular flexibility index (Phi) is 4.94. The second kappa shape index (κ2) is 6.69. The Balaban J connectivity index is 1.93. The molecule has 112 valence electrons. The van der Waals surface area contributed by atoms with Gasteiger partial charge in [-0.15, -0.1) is 0 Å². The van der Waals surface area contributed by atoms with E-state index in [-0.39, 0.29) is 29.7 Å². The highest BCUT2D eigenvalue weighted by molar-refractivity contribution is 5.92. The van der Waals surface area contributed by atoms with E-state index >= 15 is 0 Å². The fourth-order valence-electron chi connectivity index (χ4n) is 2.87. The Morgan fingerprint density at radius 3 is 2.90 bits per heavy atom. The molecule has 2 fully saturated rings. The highest BCUT2D eigenvalue weighted by atomic mass is 16.2. The number of guanidine groups is 1. The summed E-state index contributed by atoms with van der Waals surface area (Å²) in [5, 5.41) is 2.85. The first-order valence-corrected chi connectivity index (χ1v) is 7.20. The van der Waals surface area contributed by atoms with Crippen LogP contribution in [0.15, 0.2) is 4.99 Å². The van der Waals surface area contributed by atoms with Crippen molar-refractivity contribution >= 4 is 17.6 Å². The zero-order valence-electron chi connectivity index (χ0n) is 11.7. The van der Waals surface area contributed by atoms with Gasteiger partial charge in [0.2, 0.25) is 5.91 Å². The maximum atomic E-state index is 12.2. The fraction of sp³-hybridized carbons (Fsp3) is 0.769. The van der Waals surface area contributed by atoms with Crippen LogP contribution in [0.4, 0.5) is 0 Å². The Morgan fingerprint density at radius 1 is 1.35 bits per heavy atom. The Hall–Kier alpha value is -1.63. The molecule has 3 atom stereocenters. The molecule has 7 heteroatoms. The molecule has 0 radical (unpaired) electrons. The minimum absolute atomic E-state index is 0.0406. The molecule has 0 spiro atoms. The predicted molar refractivity (Wildman–Crippen MR) is 76.1 cm³/mol. The van der Waals surface area contributed by atoms with Crippen LogP contribution in [-0.4, -0.2) is 54.3 Å². The van der Waals surface area contributed by atoms with Crippen LogP contribution in [0.1, 0.15) is 32.1 Å². The van der Waals surface area contributed by atoms with Crippen molar-refractivity contribution in [2.45, 2.75) is 44.2 Å². The minimum atomic E-state index is -0.322.